The van der Waals surface area contributed by atoms with E-state index in [4.69, 9.17) is 18.7 Å². The van der Waals surface area contributed by atoms with E-state index < -0.39 is 25.0 Å². The average molecular weight is 283 g/mol. The molecule has 0 saturated carbocycles. The summed E-state index contributed by atoms with van der Waals surface area (Å²) in [6, 6.07) is -0.285. The fraction of sp³-hybridized carbons (Fsp3) is 1.00. The van der Waals surface area contributed by atoms with Crippen molar-refractivity contribution in [2.24, 2.45) is 0 Å². The molecule has 1 aliphatic rings. The largest absolute Gasteiger partial charge is 0.382 e. The first-order chi connectivity index (χ1) is 7.92. The Labute approximate surface area is 107 Å². The Balaban J connectivity index is 2.80. The van der Waals surface area contributed by atoms with E-state index in [1.165, 1.54) is 14.2 Å². The molecule has 0 aromatic carbocycles. The Kier molecular flexibility index (Phi) is 6.02. The van der Waals surface area contributed by atoms with Gasteiger partial charge in [0.15, 0.2) is 0 Å². The van der Waals surface area contributed by atoms with Crippen molar-refractivity contribution in [3.63, 3.8) is 0 Å². The third kappa shape index (κ3) is 4.26. The topological polar surface area (TPSA) is 77.4 Å². The van der Waals surface area contributed by atoms with Crippen LogP contribution in [0.3, 0.4) is 0 Å². The van der Waals surface area contributed by atoms with Gasteiger partial charge >= 0.3 is 6.72 Å². The van der Waals surface area contributed by atoms with Gasteiger partial charge in [0.25, 0.3) is 0 Å². The standard InChI is InChI=1S/C8H17BO6PS/c1-9-8-7(13-3)6(15-16(10,11)17)5(14-8)4-12-2/h5-8H,4H2,1-3H3,(H2,10,11,17). The van der Waals surface area contributed by atoms with Gasteiger partial charge in [-0.3, -0.25) is 4.52 Å². The number of ether oxygens (including phenoxy) is 3. The molecule has 0 aliphatic carbocycles. The van der Waals surface area contributed by atoms with Crippen molar-refractivity contribution in [2.45, 2.75) is 31.1 Å². The molecular formula is C8H17BO6PS. The first-order valence-electron chi connectivity index (χ1n) is 5.13. The predicted molar refractivity (Wildman–Crippen MR) is 66.5 cm³/mol. The van der Waals surface area contributed by atoms with Gasteiger partial charge in [-0.1, -0.05) is 6.82 Å². The van der Waals surface area contributed by atoms with Crippen molar-refractivity contribution in [2.75, 3.05) is 20.8 Å². The summed E-state index contributed by atoms with van der Waals surface area (Å²) >= 11 is 4.47. The van der Waals surface area contributed by atoms with E-state index in [1.807, 2.05) is 14.1 Å². The van der Waals surface area contributed by atoms with Crippen LogP contribution in [0, 0.1) is 0 Å². The van der Waals surface area contributed by atoms with Gasteiger partial charge in [0.2, 0.25) is 0 Å². The van der Waals surface area contributed by atoms with Crippen LogP contribution in [0.5, 0.6) is 0 Å². The summed E-state index contributed by atoms with van der Waals surface area (Å²) < 4.78 is 21.0. The van der Waals surface area contributed by atoms with E-state index in [0.29, 0.717) is 0 Å². The maximum atomic E-state index is 9.23. The summed E-state index contributed by atoms with van der Waals surface area (Å²) in [6.45, 7) is -1.66. The lowest BCUT2D eigenvalue weighted by atomic mass is 9.72. The summed E-state index contributed by atoms with van der Waals surface area (Å²) in [5.41, 5.74) is 0. The van der Waals surface area contributed by atoms with Gasteiger partial charge in [0.1, 0.15) is 25.6 Å². The molecule has 1 saturated heterocycles. The molecule has 9 heteroatoms. The van der Waals surface area contributed by atoms with Gasteiger partial charge in [0.05, 0.1) is 12.6 Å². The minimum Gasteiger partial charge on any atom is -0.382 e. The molecule has 4 atom stereocenters. The molecule has 1 aliphatic heterocycles. The highest BCUT2D eigenvalue weighted by molar-refractivity contribution is 8.06. The van der Waals surface area contributed by atoms with E-state index in [2.05, 4.69) is 11.8 Å². The van der Waals surface area contributed by atoms with Gasteiger partial charge in [-0.05, 0) is 11.8 Å². The monoisotopic (exact) mass is 283 g/mol. The smallest absolute Gasteiger partial charge is 0.322 e. The van der Waals surface area contributed by atoms with Crippen LogP contribution in [-0.2, 0) is 30.5 Å². The summed E-state index contributed by atoms with van der Waals surface area (Å²) in [5, 5.41) is 0. The molecule has 0 spiro atoms. The van der Waals surface area contributed by atoms with E-state index in [-0.39, 0.29) is 12.6 Å². The molecule has 0 aromatic rings. The molecule has 0 aromatic heterocycles. The van der Waals surface area contributed by atoms with Crippen LogP contribution in [-0.4, -0.2) is 62.2 Å². The lowest BCUT2D eigenvalue weighted by Gasteiger charge is -2.24. The number of methoxy groups -OCH3 is 2. The first-order valence-corrected chi connectivity index (χ1v) is 7.76. The third-order valence-corrected chi connectivity index (χ3v) is 3.31. The second-order valence-corrected chi connectivity index (χ2v) is 6.31. The Bertz CT molecular complexity index is 287. The molecule has 99 valence electrons. The molecule has 0 amide bonds. The maximum absolute atomic E-state index is 9.23. The van der Waals surface area contributed by atoms with Crippen LogP contribution in [0.2, 0.25) is 6.82 Å². The minimum absolute atomic E-state index is 0.268. The van der Waals surface area contributed by atoms with Crippen LogP contribution in [0.15, 0.2) is 0 Å². The molecular weight excluding hydrogens is 266 g/mol. The molecule has 1 rings (SSSR count). The maximum Gasteiger partial charge on any atom is 0.322 e. The van der Waals surface area contributed by atoms with Crippen molar-refractivity contribution < 1.29 is 28.5 Å². The van der Waals surface area contributed by atoms with E-state index in [9.17, 15) is 9.79 Å². The Morgan fingerprint density at radius 3 is 2.41 bits per heavy atom. The highest BCUT2D eigenvalue weighted by Crippen LogP contribution is 2.42. The van der Waals surface area contributed by atoms with Crippen LogP contribution in [0.1, 0.15) is 0 Å². The summed E-state index contributed by atoms with van der Waals surface area (Å²) in [6.07, 6.45) is -1.52. The molecule has 4 unspecified atom stereocenters. The van der Waals surface area contributed by atoms with Crippen molar-refractivity contribution in [1.29, 1.82) is 0 Å². The molecule has 6 nitrogen and oxygen atoms in total. The fourth-order valence-electron chi connectivity index (χ4n) is 1.88. The van der Waals surface area contributed by atoms with Gasteiger partial charge in [-0.25, -0.2) is 0 Å². The zero-order valence-electron chi connectivity index (χ0n) is 9.98. The van der Waals surface area contributed by atoms with Crippen LogP contribution in [0.25, 0.3) is 0 Å². The van der Waals surface area contributed by atoms with Gasteiger partial charge < -0.3 is 24.0 Å². The summed E-state index contributed by atoms with van der Waals surface area (Å²) in [7, 11) is 4.85. The minimum atomic E-state index is -3.76. The Morgan fingerprint density at radius 1 is 1.35 bits per heavy atom. The van der Waals surface area contributed by atoms with Crippen LogP contribution >= 0.6 is 6.72 Å². The SMILES string of the molecule is C[B]C1OC(COC)C(OP(O)(O)=S)C1OC. The number of rotatable bonds is 6. The third-order valence-electron chi connectivity index (χ3n) is 2.54. The molecule has 0 bridgehead atoms. The number of hydrogen-bond donors (Lipinski definition) is 2. The predicted octanol–water partition coefficient (Wildman–Crippen LogP) is -0.281. The molecule has 17 heavy (non-hydrogen) atoms. The lowest BCUT2D eigenvalue weighted by molar-refractivity contribution is -0.0180. The van der Waals surface area contributed by atoms with Crippen LogP contribution < -0.4 is 0 Å². The van der Waals surface area contributed by atoms with Crippen molar-refractivity contribution in [3.8, 4) is 0 Å². The van der Waals surface area contributed by atoms with Crippen molar-refractivity contribution in [3.05, 3.63) is 0 Å². The van der Waals surface area contributed by atoms with E-state index in [0.717, 1.165) is 0 Å². The quantitative estimate of drug-likeness (QED) is 0.512. The van der Waals surface area contributed by atoms with Crippen LogP contribution in [0.4, 0.5) is 0 Å². The zero-order chi connectivity index (χ0) is 13.1. The average Bonchev–Trinajstić information content (AvgIpc) is 2.54. The van der Waals surface area contributed by atoms with Crippen molar-refractivity contribution in [1.82, 2.24) is 0 Å². The Morgan fingerprint density at radius 2 is 2.00 bits per heavy atom. The van der Waals surface area contributed by atoms with E-state index >= 15 is 0 Å². The van der Waals surface area contributed by atoms with Gasteiger partial charge in [0, 0.05) is 14.2 Å². The highest BCUT2D eigenvalue weighted by atomic mass is 32.5. The molecule has 1 fully saturated rings. The lowest BCUT2D eigenvalue weighted by Crippen LogP contribution is -2.38. The Hall–Kier alpha value is 0.475. The molecule has 1 radical (unpaired) electrons. The second-order valence-electron chi connectivity index (χ2n) is 3.69. The second kappa shape index (κ2) is 6.59. The fourth-order valence-corrected chi connectivity index (χ4v) is 2.75. The zero-order valence-corrected chi connectivity index (χ0v) is 11.7. The molecule has 1 heterocycles. The van der Waals surface area contributed by atoms with E-state index in [1.54, 1.807) is 0 Å². The normalized spacial score (nSPS) is 33.9. The highest BCUT2D eigenvalue weighted by Gasteiger charge is 2.46. The van der Waals surface area contributed by atoms with Crippen molar-refractivity contribution >= 4 is 25.8 Å². The summed E-state index contributed by atoms with van der Waals surface area (Å²) in [4.78, 5) is 18.5. The number of hydrogen-bond acceptors (Lipinski definition) is 5. The molecule has 2 N–H and O–H groups in total. The first kappa shape index (κ1) is 15.5. The summed E-state index contributed by atoms with van der Waals surface area (Å²) in [5.74, 6) is 0. The van der Waals surface area contributed by atoms with Gasteiger partial charge in [-0.2, -0.15) is 0 Å². The van der Waals surface area contributed by atoms with Gasteiger partial charge in [-0.15, -0.1) is 0 Å².